The van der Waals surface area contributed by atoms with Gasteiger partial charge >= 0.3 is 14.8 Å². The number of Topliss-reactive ketones (excluding diaryl/α,β-unsaturated/α-hetero) is 1. The van der Waals surface area contributed by atoms with Gasteiger partial charge in [0, 0.05) is 25.9 Å². The standard InChI is InChI=1S/C17H34O6Si/c1-7-21-24(22-8-2,23-9-3)12-10-11-16(15(6)18)17(19)20-13-14(4)5/h14,16H,7-13H2,1-6H3. The molecule has 0 N–H and O–H groups in total. The van der Waals surface area contributed by atoms with Crippen LogP contribution in [-0.4, -0.2) is 47.0 Å². The van der Waals surface area contributed by atoms with Gasteiger partial charge in [-0.2, -0.15) is 0 Å². The van der Waals surface area contributed by atoms with Crippen LogP contribution in [0.1, 0.15) is 54.4 Å². The number of hydrogen-bond donors (Lipinski definition) is 0. The average Bonchev–Trinajstić information content (AvgIpc) is 2.49. The van der Waals surface area contributed by atoms with Crippen LogP contribution in [-0.2, 0) is 27.6 Å². The Kier molecular flexibility index (Phi) is 12.2. The Morgan fingerprint density at radius 3 is 1.83 bits per heavy atom. The van der Waals surface area contributed by atoms with Crippen LogP contribution in [0.25, 0.3) is 0 Å². The zero-order valence-corrected chi connectivity index (χ0v) is 17.1. The monoisotopic (exact) mass is 362 g/mol. The van der Waals surface area contributed by atoms with Crippen LogP contribution >= 0.6 is 0 Å². The lowest BCUT2D eigenvalue weighted by Gasteiger charge is -2.28. The molecule has 0 amide bonds. The van der Waals surface area contributed by atoms with Crippen molar-refractivity contribution in [2.24, 2.45) is 11.8 Å². The van der Waals surface area contributed by atoms with Crippen molar-refractivity contribution in [2.75, 3.05) is 26.4 Å². The summed E-state index contributed by atoms with van der Waals surface area (Å²) in [7, 11) is -2.73. The molecule has 0 rings (SSSR count). The second-order valence-electron chi connectivity index (χ2n) is 6.06. The number of carbonyl (C=O) groups is 2. The van der Waals surface area contributed by atoms with Crippen molar-refractivity contribution in [1.82, 2.24) is 0 Å². The van der Waals surface area contributed by atoms with Crippen molar-refractivity contribution in [3.63, 3.8) is 0 Å². The smallest absolute Gasteiger partial charge is 0.465 e. The van der Waals surface area contributed by atoms with E-state index in [1.165, 1.54) is 6.92 Å². The average molecular weight is 363 g/mol. The SMILES string of the molecule is CCO[Si](CCCC(C(C)=O)C(=O)OCC(C)C)(OCC)OCC. The topological polar surface area (TPSA) is 71.1 Å². The van der Waals surface area contributed by atoms with Crippen molar-refractivity contribution in [3.8, 4) is 0 Å². The lowest BCUT2D eigenvalue weighted by Crippen LogP contribution is -2.46. The van der Waals surface area contributed by atoms with E-state index in [9.17, 15) is 9.59 Å². The first-order chi connectivity index (χ1) is 11.3. The summed E-state index contributed by atoms with van der Waals surface area (Å²) in [5.41, 5.74) is 0. The molecule has 0 aromatic carbocycles. The third-order valence-electron chi connectivity index (χ3n) is 3.40. The Bertz CT molecular complexity index is 355. The van der Waals surface area contributed by atoms with E-state index in [-0.39, 0.29) is 11.7 Å². The van der Waals surface area contributed by atoms with Crippen LogP contribution in [0.3, 0.4) is 0 Å². The minimum absolute atomic E-state index is 0.166. The summed E-state index contributed by atoms with van der Waals surface area (Å²) >= 11 is 0. The van der Waals surface area contributed by atoms with E-state index >= 15 is 0 Å². The van der Waals surface area contributed by atoms with Crippen molar-refractivity contribution in [3.05, 3.63) is 0 Å². The molecule has 0 radical (unpaired) electrons. The van der Waals surface area contributed by atoms with Crippen LogP contribution < -0.4 is 0 Å². The number of hydrogen-bond acceptors (Lipinski definition) is 6. The molecule has 24 heavy (non-hydrogen) atoms. The molecule has 0 spiro atoms. The first-order valence-corrected chi connectivity index (χ1v) is 10.8. The fourth-order valence-electron chi connectivity index (χ4n) is 2.36. The molecule has 0 aliphatic rings. The quantitative estimate of drug-likeness (QED) is 0.268. The Morgan fingerprint density at radius 1 is 0.958 bits per heavy atom. The van der Waals surface area contributed by atoms with E-state index < -0.39 is 20.7 Å². The number of carbonyl (C=O) groups excluding carboxylic acids is 2. The summed E-state index contributed by atoms with van der Waals surface area (Å²) in [6, 6.07) is 0.587. The van der Waals surface area contributed by atoms with E-state index in [1.807, 2.05) is 34.6 Å². The minimum atomic E-state index is -2.73. The van der Waals surface area contributed by atoms with Gasteiger partial charge in [-0.15, -0.1) is 0 Å². The molecular weight excluding hydrogens is 328 g/mol. The summed E-state index contributed by atoms with van der Waals surface area (Å²) in [6.45, 7) is 12.9. The van der Waals surface area contributed by atoms with E-state index in [2.05, 4.69) is 0 Å². The number of esters is 1. The lowest BCUT2D eigenvalue weighted by molar-refractivity contribution is -0.152. The molecular formula is C17H34O6Si. The van der Waals surface area contributed by atoms with Crippen LogP contribution in [0.4, 0.5) is 0 Å². The molecule has 7 heteroatoms. The third kappa shape index (κ3) is 8.91. The maximum Gasteiger partial charge on any atom is 0.500 e. The summed E-state index contributed by atoms with van der Waals surface area (Å²) in [5, 5.41) is 0. The van der Waals surface area contributed by atoms with Gasteiger partial charge in [0.15, 0.2) is 0 Å². The largest absolute Gasteiger partial charge is 0.500 e. The molecule has 0 saturated heterocycles. The van der Waals surface area contributed by atoms with Crippen molar-refractivity contribution in [2.45, 2.75) is 60.4 Å². The van der Waals surface area contributed by atoms with Crippen LogP contribution in [0.15, 0.2) is 0 Å². The van der Waals surface area contributed by atoms with Gasteiger partial charge in [0.25, 0.3) is 0 Å². The highest BCUT2D eigenvalue weighted by molar-refractivity contribution is 6.60. The molecule has 0 aliphatic heterocycles. The first-order valence-electron chi connectivity index (χ1n) is 8.90. The minimum Gasteiger partial charge on any atom is -0.465 e. The summed E-state index contributed by atoms with van der Waals surface area (Å²) in [6.07, 6.45) is 1.04. The predicted octanol–water partition coefficient (Wildman–Crippen LogP) is 3.22. The van der Waals surface area contributed by atoms with Crippen molar-refractivity contribution < 1.29 is 27.6 Å². The van der Waals surface area contributed by atoms with Gasteiger partial charge in [0.1, 0.15) is 11.7 Å². The summed E-state index contributed by atoms with van der Waals surface area (Å²) < 4.78 is 22.6. The summed E-state index contributed by atoms with van der Waals surface area (Å²) in [5.74, 6) is -1.08. The Labute approximate surface area is 147 Å². The molecule has 0 aromatic heterocycles. The maximum atomic E-state index is 12.1. The van der Waals surface area contributed by atoms with Gasteiger partial charge in [0.05, 0.1) is 6.61 Å². The first kappa shape index (κ1) is 23.2. The summed E-state index contributed by atoms with van der Waals surface area (Å²) in [4.78, 5) is 23.9. The van der Waals surface area contributed by atoms with Gasteiger partial charge in [-0.05, 0) is 46.5 Å². The molecule has 6 nitrogen and oxygen atoms in total. The van der Waals surface area contributed by atoms with Crippen LogP contribution in [0.2, 0.25) is 6.04 Å². The van der Waals surface area contributed by atoms with E-state index in [1.54, 1.807) is 0 Å². The molecule has 1 atom stereocenters. The number of ketones is 1. The van der Waals surface area contributed by atoms with Crippen LogP contribution in [0.5, 0.6) is 0 Å². The molecule has 0 bridgehead atoms. The van der Waals surface area contributed by atoms with Crippen molar-refractivity contribution >= 4 is 20.6 Å². The lowest BCUT2D eigenvalue weighted by atomic mass is 10.00. The van der Waals surface area contributed by atoms with E-state index in [0.717, 1.165) is 0 Å². The second kappa shape index (κ2) is 12.6. The molecule has 0 fully saturated rings. The molecule has 0 saturated carbocycles. The number of ether oxygens (including phenoxy) is 1. The molecule has 1 unspecified atom stereocenters. The zero-order chi connectivity index (χ0) is 18.6. The van der Waals surface area contributed by atoms with Crippen LogP contribution in [0, 0.1) is 11.8 Å². The Hall–Kier alpha value is -0.763. The molecule has 0 aromatic rings. The van der Waals surface area contributed by atoms with Gasteiger partial charge in [-0.25, -0.2) is 0 Å². The van der Waals surface area contributed by atoms with E-state index in [0.29, 0.717) is 45.3 Å². The molecule has 0 aliphatic carbocycles. The highest BCUT2D eigenvalue weighted by Gasteiger charge is 2.40. The normalized spacial score (nSPS) is 13.1. The number of rotatable bonds is 14. The van der Waals surface area contributed by atoms with E-state index in [4.69, 9.17) is 18.0 Å². The molecule has 0 heterocycles. The van der Waals surface area contributed by atoms with Crippen molar-refractivity contribution in [1.29, 1.82) is 0 Å². The van der Waals surface area contributed by atoms with Gasteiger partial charge in [0.2, 0.25) is 0 Å². The van der Waals surface area contributed by atoms with Gasteiger partial charge in [-0.1, -0.05) is 13.8 Å². The highest BCUT2D eigenvalue weighted by atomic mass is 28.4. The zero-order valence-electron chi connectivity index (χ0n) is 16.1. The predicted molar refractivity (Wildman–Crippen MR) is 94.6 cm³/mol. The third-order valence-corrected chi connectivity index (χ3v) is 6.55. The maximum absolute atomic E-state index is 12.1. The second-order valence-corrected chi connectivity index (χ2v) is 8.79. The van der Waals surface area contributed by atoms with Gasteiger partial charge < -0.3 is 18.0 Å². The highest BCUT2D eigenvalue weighted by Crippen LogP contribution is 2.22. The Morgan fingerprint density at radius 2 is 1.46 bits per heavy atom. The molecule has 142 valence electrons. The fraction of sp³-hybridized carbons (Fsp3) is 0.882. The van der Waals surface area contributed by atoms with Gasteiger partial charge in [-0.3, -0.25) is 9.59 Å². The fourth-order valence-corrected chi connectivity index (χ4v) is 5.00. The Balaban J connectivity index is 4.70.